The van der Waals surface area contributed by atoms with Crippen molar-refractivity contribution in [3.05, 3.63) is 23.8 Å². The molecule has 1 fully saturated rings. The van der Waals surface area contributed by atoms with Crippen LogP contribution in [0.15, 0.2) is 18.2 Å². The smallest absolute Gasteiger partial charge is 0.311 e. The molecule has 1 aromatic carbocycles. The van der Waals surface area contributed by atoms with Gasteiger partial charge in [-0.3, -0.25) is 4.79 Å². The summed E-state index contributed by atoms with van der Waals surface area (Å²) < 4.78 is 5.20. The van der Waals surface area contributed by atoms with Gasteiger partial charge in [0.25, 0.3) is 0 Å². The van der Waals surface area contributed by atoms with Crippen LogP contribution in [-0.4, -0.2) is 18.2 Å². The molecule has 0 spiro atoms. The molecule has 1 aliphatic rings. The van der Waals surface area contributed by atoms with Gasteiger partial charge in [0, 0.05) is 5.69 Å². The summed E-state index contributed by atoms with van der Waals surface area (Å²) in [5.41, 5.74) is 7.25. The second kappa shape index (κ2) is 6.64. The van der Waals surface area contributed by atoms with Gasteiger partial charge in [-0.2, -0.15) is 0 Å². The Morgan fingerprint density at radius 1 is 1.30 bits per heavy atom. The van der Waals surface area contributed by atoms with E-state index in [9.17, 15) is 9.90 Å². The van der Waals surface area contributed by atoms with Crippen LogP contribution in [0.3, 0.4) is 0 Å². The molecule has 0 heterocycles. The lowest BCUT2D eigenvalue weighted by Gasteiger charge is -2.24. The summed E-state index contributed by atoms with van der Waals surface area (Å²) in [7, 11) is 1.58. The molecule has 1 saturated carbocycles. The van der Waals surface area contributed by atoms with E-state index in [-0.39, 0.29) is 5.92 Å². The Bertz CT molecular complexity index is 465. The zero-order valence-electron chi connectivity index (χ0n) is 12.0. The summed E-state index contributed by atoms with van der Waals surface area (Å²) in [6, 6.07) is 5.28. The molecule has 1 atom stereocenters. The van der Waals surface area contributed by atoms with Crippen molar-refractivity contribution >= 4 is 11.7 Å². The molecule has 1 unspecified atom stereocenters. The molecular weight excluding hydrogens is 254 g/mol. The normalized spacial score (nSPS) is 18.2. The molecule has 0 aliphatic heterocycles. The second-order valence-electron chi connectivity index (χ2n) is 5.56. The van der Waals surface area contributed by atoms with E-state index in [2.05, 4.69) is 0 Å². The van der Waals surface area contributed by atoms with Gasteiger partial charge < -0.3 is 15.6 Å². The zero-order chi connectivity index (χ0) is 14.5. The van der Waals surface area contributed by atoms with Gasteiger partial charge in [-0.25, -0.2) is 0 Å². The number of carbonyl (C=O) groups is 1. The lowest BCUT2D eigenvalue weighted by Crippen LogP contribution is -2.22. The molecule has 4 heteroatoms. The van der Waals surface area contributed by atoms with Crippen LogP contribution >= 0.6 is 0 Å². The third kappa shape index (κ3) is 3.24. The highest BCUT2D eigenvalue weighted by atomic mass is 16.5. The summed E-state index contributed by atoms with van der Waals surface area (Å²) in [6.07, 6.45) is 6.56. The molecule has 4 nitrogen and oxygen atoms in total. The Balaban J connectivity index is 2.34. The van der Waals surface area contributed by atoms with Crippen LogP contribution in [0.5, 0.6) is 5.75 Å². The molecule has 2 rings (SSSR count). The number of methoxy groups -OCH3 is 1. The molecular formula is C16H23NO3. The number of anilines is 1. The van der Waals surface area contributed by atoms with Gasteiger partial charge in [0.05, 0.1) is 13.0 Å². The molecule has 1 aromatic rings. The van der Waals surface area contributed by atoms with E-state index in [1.807, 2.05) is 0 Å². The Morgan fingerprint density at radius 3 is 2.50 bits per heavy atom. The topological polar surface area (TPSA) is 72.5 Å². The fourth-order valence-corrected chi connectivity index (χ4v) is 3.18. The lowest BCUT2D eigenvalue weighted by atomic mass is 9.80. The SMILES string of the molecule is COc1ccc(N)c(C(C(=O)O)C2CCCCCC2)c1. The van der Waals surface area contributed by atoms with Gasteiger partial charge in [-0.15, -0.1) is 0 Å². The van der Waals surface area contributed by atoms with E-state index in [4.69, 9.17) is 10.5 Å². The lowest BCUT2D eigenvalue weighted by molar-refractivity contribution is -0.140. The van der Waals surface area contributed by atoms with E-state index in [0.29, 0.717) is 17.0 Å². The molecule has 3 N–H and O–H groups in total. The van der Waals surface area contributed by atoms with Crippen molar-refractivity contribution in [3.8, 4) is 5.75 Å². The van der Waals surface area contributed by atoms with Gasteiger partial charge in [-0.05, 0) is 42.5 Å². The molecule has 20 heavy (non-hydrogen) atoms. The molecule has 0 amide bonds. The first-order chi connectivity index (χ1) is 9.63. The maximum Gasteiger partial charge on any atom is 0.311 e. The number of nitrogen functional groups attached to an aromatic ring is 1. The second-order valence-corrected chi connectivity index (χ2v) is 5.56. The summed E-state index contributed by atoms with van der Waals surface area (Å²) in [5.74, 6) is -0.474. The highest BCUT2D eigenvalue weighted by Gasteiger charge is 2.31. The quantitative estimate of drug-likeness (QED) is 0.653. The zero-order valence-corrected chi connectivity index (χ0v) is 12.0. The van der Waals surface area contributed by atoms with Gasteiger partial charge >= 0.3 is 5.97 Å². The van der Waals surface area contributed by atoms with Crippen LogP contribution in [0.2, 0.25) is 0 Å². The molecule has 0 aromatic heterocycles. The number of carboxylic acid groups (broad SMARTS) is 1. The highest BCUT2D eigenvalue weighted by Crippen LogP contribution is 2.38. The Kier molecular flexibility index (Phi) is 4.88. The molecule has 0 bridgehead atoms. The van der Waals surface area contributed by atoms with Crippen LogP contribution in [0.25, 0.3) is 0 Å². The summed E-state index contributed by atoms with van der Waals surface area (Å²) >= 11 is 0. The van der Waals surface area contributed by atoms with Gasteiger partial charge in [-0.1, -0.05) is 25.7 Å². The van der Waals surface area contributed by atoms with Crippen molar-refractivity contribution in [2.24, 2.45) is 5.92 Å². The first-order valence-corrected chi connectivity index (χ1v) is 7.29. The minimum atomic E-state index is -0.781. The number of hydrogen-bond donors (Lipinski definition) is 2. The average molecular weight is 277 g/mol. The minimum absolute atomic E-state index is 0.171. The number of carboxylic acids is 1. The molecule has 110 valence electrons. The standard InChI is InChI=1S/C16H23NO3/c1-20-12-8-9-14(17)13(10-12)15(16(18)19)11-6-4-2-3-5-7-11/h8-11,15H,2-7,17H2,1H3,(H,18,19). The number of ether oxygens (including phenoxy) is 1. The van der Waals surface area contributed by atoms with Crippen molar-refractivity contribution < 1.29 is 14.6 Å². The van der Waals surface area contributed by atoms with E-state index in [1.165, 1.54) is 12.8 Å². The van der Waals surface area contributed by atoms with Crippen LogP contribution in [0.4, 0.5) is 5.69 Å². The third-order valence-electron chi connectivity index (χ3n) is 4.27. The van der Waals surface area contributed by atoms with E-state index in [1.54, 1.807) is 25.3 Å². The Morgan fingerprint density at radius 2 is 1.95 bits per heavy atom. The largest absolute Gasteiger partial charge is 0.497 e. The van der Waals surface area contributed by atoms with E-state index < -0.39 is 11.9 Å². The van der Waals surface area contributed by atoms with E-state index >= 15 is 0 Å². The van der Waals surface area contributed by atoms with Crippen LogP contribution < -0.4 is 10.5 Å². The predicted octanol–water partition coefficient (Wildman–Crippen LogP) is 3.42. The van der Waals surface area contributed by atoms with Crippen molar-refractivity contribution in [3.63, 3.8) is 0 Å². The Hall–Kier alpha value is -1.71. The summed E-state index contributed by atoms with van der Waals surface area (Å²) in [6.45, 7) is 0. The maximum absolute atomic E-state index is 11.8. The van der Waals surface area contributed by atoms with E-state index in [0.717, 1.165) is 25.7 Å². The van der Waals surface area contributed by atoms with Crippen molar-refractivity contribution in [1.29, 1.82) is 0 Å². The fraction of sp³-hybridized carbons (Fsp3) is 0.562. The third-order valence-corrected chi connectivity index (χ3v) is 4.27. The van der Waals surface area contributed by atoms with Gasteiger partial charge in [0.2, 0.25) is 0 Å². The number of benzene rings is 1. The van der Waals surface area contributed by atoms with Crippen LogP contribution in [-0.2, 0) is 4.79 Å². The van der Waals surface area contributed by atoms with Gasteiger partial charge in [0.1, 0.15) is 5.75 Å². The number of aliphatic carboxylic acids is 1. The minimum Gasteiger partial charge on any atom is -0.497 e. The highest BCUT2D eigenvalue weighted by molar-refractivity contribution is 5.79. The molecule has 1 aliphatic carbocycles. The van der Waals surface area contributed by atoms with Crippen molar-refractivity contribution in [2.45, 2.75) is 44.4 Å². The molecule has 0 saturated heterocycles. The number of hydrogen-bond acceptors (Lipinski definition) is 3. The Labute approximate surface area is 119 Å². The summed E-state index contributed by atoms with van der Waals surface area (Å²) in [5, 5.41) is 9.66. The van der Waals surface area contributed by atoms with Crippen LogP contribution in [0.1, 0.15) is 50.0 Å². The van der Waals surface area contributed by atoms with Crippen molar-refractivity contribution in [1.82, 2.24) is 0 Å². The fourth-order valence-electron chi connectivity index (χ4n) is 3.18. The van der Waals surface area contributed by atoms with Crippen molar-refractivity contribution in [2.75, 3.05) is 12.8 Å². The molecule has 0 radical (unpaired) electrons. The summed E-state index contributed by atoms with van der Waals surface area (Å²) in [4.78, 5) is 11.8. The number of nitrogens with two attached hydrogens (primary N) is 1. The van der Waals surface area contributed by atoms with Crippen LogP contribution in [0, 0.1) is 5.92 Å². The first kappa shape index (κ1) is 14.7. The average Bonchev–Trinajstić information content (AvgIpc) is 2.70. The first-order valence-electron chi connectivity index (χ1n) is 7.29. The number of rotatable bonds is 4. The predicted molar refractivity (Wildman–Crippen MR) is 79.0 cm³/mol. The monoisotopic (exact) mass is 277 g/mol. The van der Waals surface area contributed by atoms with Gasteiger partial charge in [0.15, 0.2) is 0 Å². The maximum atomic E-state index is 11.8.